The van der Waals surface area contributed by atoms with Crippen LogP contribution in [0.1, 0.15) is 32.9 Å². The first-order valence-electron chi connectivity index (χ1n) is 9.12. The number of aromatic carboxylic acids is 1. The molecule has 0 spiro atoms. The van der Waals surface area contributed by atoms with Crippen LogP contribution in [0.25, 0.3) is 5.69 Å². The van der Waals surface area contributed by atoms with Crippen LogP contribution < -0.4 is 4.90 Å². The van der Waals surface area contributed by atoms with Crippen molar-refractivity contribution in [2.75, 3.05) is 11.9 Å². The molecule has 0 atom stereocenters. The highest BCUT2D eigenvalue weighted by atomic mass is 19.4. The lowest BCUT2D eigenvalue weighted by Gasteiger charge is -2.21. The Morgan fingerprint density at radius 2 is 1.80 bits per heavy atom. The quantitative estimate of drug-likeness (QED) is 0.601. The summed E-state index contributed by atoms with van der Waals surface area (Å²) in [6.45, 7) is 4.10. The van der Waals surface area contributed by atoms with Gasteiger partial charge in [0.1, 0.15) is 11.3 Å². The van der Waals surface area contributed by atoms with Crippen LogP contribution in [0.4, 0.5) is 18.9 Å². The molecule has 158 valence electrons. The minimum Gasteiger partial charge on any atom is -0.507 e. The second-order valence-electron chi connectivity index (χ2n) is 7.14. The van der Waals surface area contributed by atoms with E-state index < -0.39 is 17.7 Å². The number of benzene rings is 2. The summed E-state index contributed by atoms with van der Waals surface area (Å²) in [5.41, 5.74) is 2.74. The zero-order valence-electron chi connectivity index (χ0n) is 16.7. The van der Waals surface area contributed by atoms with Crippen molar-refractivity contribution < 1.29 is 28.2 Å². The molecule has 2 N–H and O–H groups in total. The number of rotatable bonds is 5. The normalized spacial score (nSPS) is 11.5. The molecule has 0 aliphatic carbocycles. The van der Waals surface area contributed by atoms with Crippen LogP contribution in [0.3, 0.4) is 0 Å². The standard InChI is InChI=1S/C22H21F3N2O3/c1-13-9-15(12-26(3)17-6-4-5-16(10-17)22(23,24)25)14(2)27(13)18-7-8-19(21(29)30)20(28)11-18/h4-11,28H,12H2,1-3H3,(H,29,30). The maximum atomic E-state index is 13.0. The first kappa shape index (κ1) is 21.3. The van der Waals surface area contributed by atoms with Gasteiger partial charge in [-0.05, 0) is 55.8 Å². The third-order valence-corrected chi connectivity index (χ3v) is 5.03. The Hall–Kier alpha value is -3.42. The number of hydrogen-bond acceptors (Lipinski definition) is 3. The molecule has 0 amide bonds. The van der Waals surface area contributed by atoms with Crippen LogP contribution in [0.15, 0.2) is 48.5 Å². The Labute approximate surface area is 171 Å². The van der Waals surface area contributed by atoms with Crippen molar-refractivity contribution in [1.29, 1.82) is 0 Å². The number of nitrogens with zero attached hydrogens (tertiary/aromatic N) is 2. The van der Waals surface area contributed by atoms with Crippen molar-refractivity contribution >= 4 is 11.7 Å². The average molecular weight is 418 g/mol. The van der Waals surface area contributed by atoms with Gasteiger partial charge in [-0.15, -0.1) is 0 Å². The summed E-state index contributed by atoms with van der Waals surface area (Å²) >= 11 is 0. The largest absolute Gasteiger partial charge is 0.507 e. The van der Waals surface area contributed by atoms with Crippen molar-refractivity contribution in [2.24, 2.45) is 0 Å². The van der Waals surface area contributed by atoms with Gasteiger partial charge in [-0.2, -0.15) is 13.2 Å². The number of anilines is 1. The molecule has 8 heteroatoms. The summed E-state index contributed by atoms with van der Waals surface area (Å²) in [6, 6.07) is 11.4. The minimum atomic E-state index is -4.41. The lowest BCUT2D eigenvalue weighted by molar-refractivity contribution is -0.137. The van der Waals surface area contributed by atoms with Gasteiger partial charge in [0.05, 0.1) is 5.56 Å². The topological polar surface area (TPSA) is 65.7 Å². The zero-order chi connectivity index (χ0) is 22.2. The summed E-state index contributed by atoms with van der Waals surface area (Å²) in [5.74, 6) is -1.56. The Morgan fingerprint density at radius 1 is 1.10 bits per heavy atom. The minimum absolute atomic E-state index is 0.189. The summed E-state index contributed by atoms with van der Waals surface area (Å²) in [6.07, 6.45) is -4.41. The van der Waals surface area contributed by atoms with Gasteiger partial charge in [0, 0.05) is 42.4 Å². The SMILES string of the molecule is Cc1cc(CN(C)c2cccc(C(F)(F)F)c2)c(C)n1-c1ccc(C(=O)O)c(O)c1. The molecule has 1 heterocycles. The number of phenols is 1. The van der Waals surface area contributed by atoms with E-state index in [1.54, 1.807) is 24.1 Å². The van der Waals surface area contributed by atoms with E-state index in [1.807, 2.05) is 24.5 Å². The summed E-state index contributed by atoms with van der Waals surface area (Å²) in [5, 5.41) is 19.1. The number of aryl methyl sites for hydroxylation is 1. The van der Waals surface area contributed by atoms with Crippen LogP contribution in [-0.4, -0.2) is 27.8 Å². The fraction of sp³-hybridized carbons (Fsp3) is 0.227. The van der Waals surface area contributed by atoms with E-state index in [2.05, 4.69) is 0 Å². The maximum Gasteiger partial charge on any atom is 0.416 e. The lowest BCUT2D eigenvalue weighted by Crippen LogP contribution is -2.17. The number of aromatic nitrogens is 1. The van der Waals surface area contributed by atoms with E-state index in [0.717, 1.165) is 29.1 Å². The molecular weight excluding hydrogens is 397 g/mol. The molecule has 1 aromatic heterocycles. The summed E-state index contributed by atoms with van der Waals surface area (Å²) in [7, 11) is 1.72. The summed E-state index contributed by atoms with van der Waals surface area (Å²) in [4.78, 5) is 12.8. The van der Waals surface area contributed by atoms with Crippen molar-refractivity contribution in [3.05, 3.63) is 76.6 Å². The van der Waals surface area contributed by atoms with Crippen LogP contribution in [0.2, 0.25) is 0 Å². The number of carboxylic acids is 1. The van der Waals surface area contributed by atoms with E-state index in [9.17, 15) is 23.1 Å². The molecule has 3 aromatic rings. The molecule has 2 aromatic carbocycles. The van der Waals surface area contributed by atoms with Crippen molar-refractivity contribution in [2.45, 2.75) is 26.6 Å². The molecule has 30 heavy (non-hydrogen) atoms. The molecule has 0 fully saturated rings. The van der Waals surface area contributed by atoms with Gasteiger partial charge in [0.25, 0.3) is 0 Å². The van der Waals surface area contributed by atoms with Gasteiger partial charge in [-0.25, -0.2) is 4.79 Å². The van der Waals surface area contributed by atoms with E-state index in [0.29, 0.717) is 17.9 Å². The van der Waals surface area contributed by atoms with Crippen LogP contribution in [-0.2, 0) is 12.7 Å². The fourth-order valence-electron chi connectivity index (χ4n) is 3.49. The van der Waals surface area contributed by atoms with Gasteiger partial charge in [0.2, 0.25) is 0 Å². The molecule has 3 rings (SSSR count). The predicted molar refractivity (Wildman–Crippen MR) is 107 cm³/mol. The first-order chi connectivity index (χ1) is 14.0. The molecule has 0 aliphatic rings. The van der Waals surface area contributed by atoms with Gasteiger partial charge in [0.15, 0.2) is 0 Å². The third-order valence-electron chi connectivity index (χ3n) is 5.03. The lowest BCUT2D eigenvalue weighted by atomic mass is 10.1. The van der Waals surface area contributed by atoms with Crippen LogP contribution in [0.5, 0.6) is 5.75 Å². The Kier molecular flexibility index (Phi) is 5.52. The smallest absolute Gasteiger partial charge is 0.416 e. The number of aromatic hydroxyl groups is 1. The van der Waals surface area contributed by atoms with Crippen LogP contribution >= 0.6 is 0 Å². The number of halogens is 3. The molecular formula is C22H21F3N2O3. The zero-order valence-corrected chi connectivity index (χ0v) is 16.7. The number of hydrogen-bond donors (Lipinski definition) is 2. The average Bonchev–Trinajstić information content (AvgIpc) is 2.94. The predicted octanol–water partition coefficient (Wildman–Crippen LogP) is 5.15. The fourth-order valence-corrected chi connectivity index (χ4v) is 3.49. The monoisotopic (exact) mass is 418 g/mol. The van der Waals surface area contributed by atoms with Crippen LogP contribution in [0, 0.1) is 13.8 Å². The second kappa shape index (κ2) is 7.78. The van der Waals surface area contributed by atoms with E-state index >= 15 is 0 Å². The number of alkyl halides is 3. The molecule has 0 saturated carbocycles. The number of carboxylic acid groups (broad SMARTS) is 1. The van der Waals surface area contributed by atoms with E-state index in [-0.39, 0.29) is 11.3 Å². The molecule has 0 aliphatic heterocycles. The third kappa shape index (κ3) is 4.12. The van der Waals surface area contributed by atoms with Crippen molar-refractivity contribution in [3.63, 3.8) is 0 Å². The Bertz CT molecular complexity index is 1100. The molecule has 0 radical (unpaired) electrons. The highest BCUT2D eigenvalue weighted by Crippen LogP contribution is 2.32. The maximum absolute atomic E-state index is 13.0. The van der Waals surface area contributed by atoms with Crippen molar-refractivity contribution in [1.82, 2.24) is 4.57 Å². The Balaban J connectivity index is 1.91. The highest BCUT2D eigenvalue weighted by molar-refractivity contribution is 5.91. The Morgan fingerprint density at radius 3 is 2.40 bits per heavy atom. The van der Waals surface area contributed by atoms with Gasteiger partial charge in [-0.3, -0.25) is 0 Å². The number of carbonyl (C=O) groups is 1. The highest BCUT2D eigenvalue weighted by Gasteiger charge is 2.30. The molecule has 0 saturated heterocycles. The van der Waals surface area contributed by atoms with E-state index in [1.165, 1.54) is 18.2 Å². The van der Waals surface area contributed by atoms with Crippen molar-refractivity contribution in [3.8, 4) is 11.4 Å². The molecule has 0 unspecified atom stereocenters. The summed E-state index contributed by atoms with van der Waals surface area (Å²) < 4.78 is 40.9. The second-order valence-corrected chi connectivity index (χ2v) is 7.14. The molecule has 5 nitrogen and oxygen atoms in total. The van der Waals surface area contributed by atoms with Gasteiger partial charge < -0.3 is 19.7 Å². The van der Waals surface area contributed by atoms with Gasteiger partial charge >= 0.3 is 12.1 Å². The van der Waals surface area contributed by atoms with Gasteiger partial charge in [-0.1, -0.05) is 6.07 Å². The van der Waals surface area contributed by atoms with E-state index in [4.69, 9.17) is 5.11 Å². The molecule has 0 bridgehead atoms. The first-order valence-corrected chi connectivity index (χ1v) is 9.12.